The number of hydrogen-bond donors (Lipinski definition) is 1. The van der Waals surface area contributed by atoms with Crippen molar-refractivity contribution in [2.24, 2.45) is 5.73 Å². The van der Waals surface area contributed by atoms with Gasteiger partial charge in [0.05, 0.1) is 16.7 Å². The average Bonchev–Trinajstić information content (AvgIpc) is 2.46. The first-order chi connectivity index (χ1) is 10.0. The monoisotopic (exact) mass is 304 g/mol. The Balaban J connectivity index is 2.12. The zero-order chi connectivity index (χ0) is 15.4. The zero-order valence-corrected chi connectivity index (χ0v) is 12.2. The molecule has 0 bridgehead atoms. The van der Waals surface area contributed by atoms with E-state index >= 15 is 0 Å². The summed E-state index contributed by atoms with van der Waals surface area (Å²) < 4.78 is 19.2. The Hall–Kier alpha value is -2.09. The molecule has 0 aromatic heterocycles. The Morgan fingerprint density at radius 3 is 2.67 bits per heavy atom. The van der Waals surface area contributed by atoms with E-state index in [0.29, 0.717) is 16.3 Å². The lowest BCUT2D eigenvalue weighted by Gasteiger charge is -2.11. The molecule has 0 aliphatic rings. The standard InChI is InChI=1S/C16H14ClFN2O/c1-10(20)12-4-5-16(14(17)7-12)21-9-13-3-2-11(8-19)6-15(13)18/h2-7,10H,9,20H2,1H3. The van der Waals surface area contributed by atoms with Crippen LogP contribution in [0.15, 0.2) is 36.4 Å². The number of hydrogen-bond acceptors (Lipinski definition) is 3. The third-order valence-corrected chi connectivity index (χ3v) is 3.34. The van der Waals surface area contributed by atoms with Crippen LogP contribution in [0.1, 0.15) is 29.7 Å². The number of nitrogens with zero attached hydrogens (tertiary/aromatic N) is 1. The Kier molecular flexibility index (Phi) is 4.79. The van der Waals surface area contributed by atoms with Crippen molar-refractivity contribution in [3.8, 4) is 11.8 Å². The molecule has 0 spiro atoms. The van der Waals surface area contributed by atoms with Crippen LogP contribution in [0.4, 0.5) is 4.39 Å². The maximum Gasteiger partial charge on any atom is 0.138 e. The molecule has 0 radical (unpaired) electrons. The molecular formula is C16H14ClFN2O. The Bertz CT molecular complexity index is 695. The summed E-state index contributed by atoms with van der Waals surface area (Å²) in [5.41, 5.74) is 7.31. The van der Waals surface area contributed by atoms with Gasteiger partial charge in [-0.3, -0.25) is 0 Å². The highest BCUT2D eigenvalue weighted by Crippen LogP contribution is 2.28. The molecule has 0 aliphatic carbocycles. The third-order valence-electron chi connectivity index (χ3n) is 3.05. The van der Waals surface area contributed by atoms with Gasteiger partial charge in [0, 0.05) is 11.6 Å². The summed E-state index contributed by atoms with van der Waals surface area (Å²) in [6, 6.07) is 11.3. The average molecular weight is 305 g/mol. The molecular weight excluding hydrogens is 291 g/mol. The predicted molar refractivity (Wildman–Crippen MR) is 79.5 cm³/mol. The number of rotatable bonds is 4. The molecule has 1 atom stereocenters. The minimum atomic E-state index is -0.475. The van der Waals surface area contributed by atoms with Crippen LogP contribution in [0.3, 0.4) is 0 Å². The molecule has 0 heterocycles. The summed E-state index contributed by atoms with van der Waals surface area (Å²) >= 11 is 6.11. The maximum atomic E-state index is 13.7. The first-order valence-corrected chi connectivity index (χ1v) is 6.75. The van der Waals surface area contributed by atoms with Gasteiger partial charge in [0.1, 0.15) is 18.2 Å². The molecule has 0 amide bonds. The molecule has 0 saturated carbocycles. The minimum absolute atomic E-state index is 0.0365. The second-order valence-corrected chi connectivity index (χ2v) is 5.09. The van der Waals surface area contributed by atoms with Crippen LogP contribution in [0.25, 0.3) is 0 Å². The van der Waals surface area contributed by atoms with Crippen LogP contribution in [0.2, 0.25) is 5.02 Å². The lowest BCUT2D eigenvalue weighted by Crippen LogP contribution is -2.05. The normalized spacial score (nSPS) is 11.8. The third kappa shape index (κ3) is 3.72. The first-order valence-electron chi connectivity index (χ1n) is 6.37. The molecule has 0 aliphatic heterocycles. The lowest BCUT2D eigenvalue weighted by molar-refractivity contribution is 0.300. The van der Waals surface area contributed by atoms with Gasteiger partial charge in [-0.2, -0.15) is 5.26 Å². The molecule has 2 aromatic carbocycles. The van der Waals surface area contributed by atoms with Crippen molar-refractivity contribution in [1.29, 1.82) is 5.26 Å². The highest BCUT2D eigenvalue weighted by atomic mass is 35.5. The molecule has 5 heteroatoms. The smallest absolute Gasteiger partial charge is 0.138 e. The number of benzene rings is 2. The maximum absolute atomic E-state index is 13.7. The predicted octanol–water partition coefficient (Wildman–Crippen LogP) is 3.95. The first kappa shape index (κ1) is 15.3. The van der Waals surface area contributed by atoms with Crippen molar-refractivity contribution in [3.05, 3.63) is 63.9 Å². The lowest BCUT2D eigenvalue weighted by atomic mass is 10.1. The Morgan fingerprint density at radius 1 is 1.33 bits per heavy atom. The van der Waals surface area contributed by atoms with Gasteiger partial charge in [-0.15, -0.1) is 0 Å². The van der Waals surface area contributed by atoms with Crippen LogP contribution in [-0.2, 0) is 6.61 Å². The van der Waals surface area contributed by atoms with Gasteiger partial charge in [0.2, 0.25) is 0 Å². The molecule has 0 fully saturated rings. The van der Waals surface area contributed by atoms with Gasteiger partial charge in [0.25, 0.3) is 0 Å². The largest absolute Gasteiger partial charge is 0.487 e. The minimum Gasteiger partial charge on any atom is -0.487 e. The number of halogens is 2. The van der Waals surface area contributed by atoms with E-state index in [-0.39, 0.29) is 18.2 Å². The van der Waals surface area contributed by atoms with Crippen LogP contribution in [0.5, 0.6) is 5.75 Å². The fourth-order valence-electron chi connectivity index (χ4n) is 1.81. The molecule has 108 valence electrons. The van der Waals surface area contributed by atoms with Gasteiger partial charge in [0.15, 0.2) is 0 Å². The topological polar surface area (TPSA) is 59.0 Å². The highest BCUT2D eigenvalue weighted by Gasteiger charge is 2.08. The number of ether oxygens (including phenoxy) is 1. The van der Waals surface area contributed by atoms with Crippen LogP contribution >= 0.6 is 11.6 Å². The SMILES string of the molecule is CC(N)c1ccc(OCc2ccc(C#N)cc2F)c(Cl)c1. The fourth-order valence-corrected chi connectivity index (χ4v) is 2.05. The van der Waals surface area contributed by atoms with E-state index < -0.39 is 5.82 Å². The molecule has 3 nitrogen and oxygen atoms in total. The van der Waals surface area contributed by atoms with Crippen molar-refractivity contribution in [1.82, 2.24) is 0 Å². The zero-order valence-electron chi connectivity index (χ0n) is 11.4. The molecule has 2 N–H and O–H groups in total. The van der Waals surface area contributed by atoms with Gasteiger partial charge in [-0.05, 0) is 36.8 Å². The van der Waals surface area contributed by atoms with Crippen LogP contribution in [-0.4, -0.2) is 0 Å². The van der Waals surface area contributed by atoms with Gasteiger partial charge >= 0.3 is 0 Å². The van der Waals surface area contributed by atoms with E-state index in [1.807, 2.05) is 19.1 Å². The van der Waals surface area contributed by atoms with E-state index in [2.05, 4.69) is 0 Å². The van der Waals surface area contributed by atoms with E-state index in [1.54, 1.807) is 18.2 Å². The van der Waals surface area contributed by atoms with E-state index in [1.165, 1.54) is 12.1 Å². The van der Waals surface area contributed by atoms with Crippen molar-refractivity contribution < 1.29 is 9.13 Å². The van der Waals surface area contributed by atoms with E-state index in [4.69, 9.17) is 27.3 Å². The number of nitriles is 1. The molecule has 2 rings (SSSR count). The van der Waals surface area contributed by atoms with Crippen molar-refractivity contribution >= 4 is 11.6 Å². The van der Waals surface area contributed by atoms with Crippen LogP contribution in [0, 0.1) is 17.1 Å². The van der Waals surface area contributed by atoms with E-state index in [0.717, 1.165) is 5.56 Å². The number of nitrogens with two attached hydrogens (primary N) is 1. The highest BCUT2D eigenvalue weighted by molar-refractivity contribution is 6.32. The van der Waals surface area contributed by atoms with Gasteiger partial charge < -0.3 is 10.5 Å². The molecule has 1 unspecified atom stereocenters. The summed E-state index contributed by atoms with van der Waals surface area (Å²) in [5.74, 6) is -0.0119. The summed E-state index contributed by atoms with van der Waals surface area (Å²) in [4.78, 5) is 0. The summed E-state index contributed by atoms with van der Waals surface area (Å²) in [5, 5.41) is 9.12. The molecule has 21 heavy (non-hydrogen) atoms. The van der Waals surface area contributed by atoms with E-state index in [9.17, 15) is 4.39 Å². The van der Waals surface area contributed by atoms with Crippen molar-refractivity contribution in [2.45, 2.75) is 19.6 Å². The van der Waals surface area contributed by atoms with Gasteiger partial charge in [-0.25, -0.2) is 4.39 Å². The van der Waals surface area contributed by atoms with Gasteiger partial charge in [-0.1, -0.05) is 23.7 Å². The summed E-state index contributed by atoms with van der Waals surface area (Å²) in [6.07, 6.45) is 0. The summed E-state index contributed by atoms with van der Waals surface area (Å²) in [6.45, 7) is 1.90. The second-order valence-electron chi connectivity index (χ2n) is 4.69. The molecule has 2 aromatic rings. The second kappa shape index (κ2) is 6.57. The Labute approximate surface area is 127 Å². The fraction of sp³-hybridized carbons (Fsp3) is 0.188. The Morgan fingerprint density at radius 2 is 2.10 bits per heavy atom. The van der Waals surface area contributed by atoms with Crippen LogP contribution < -0.4 is 10.5 Å². The van der Waals surface area contributed by atoms with Crippen molar-refractivity contribution in [3.63, 3.8) is 0 Å². The summed E-state index contributed by atoms with van der Waals surface area (Å²) in [7, 11) is 0. The quantitative estimate of drug-likeness (QED) is 0.930. The van der Waals surface area contributed by atoms with Crippen molar-refractivity contribution in [2.75, 3.05) is 0 Å². The molecule has 0 saturated heterocycles.